The number of hydrogen-bond acceptors (Lipinski definition) is 3. The average molecular weight is 300 g/mol. The van der Waals surface area contributed by atoms with Crippen molar-refractivity contribution in [1.29, 1.82) is 0 Å². The summed E-state index contributed by atoms with van der Waals surface area (Å²) in [6.07, 6.45) is 3.57. The zero-order chi connectivity index (χ0) is 15.8. The van der Waals surface area contributed by atoms with E-state index in [0.29, 0.717) is 19.6 Å². The topological polar surface area (TPSA) is 87.7 Å². The molecule has 0 aliphatic heterocycles. The molecule has 0 aromatic carbocycles. The number of urea groups is 1. The molecule has 6 nitrogen and oxygen atoms in total. The summed E-state index contributed by atoms with van der Waals surface area (Å²) in [5.41, 5.74) is 0. The summed E-state index contributed by atoms with van der Waals surface area (Å²) in [7, 11) is 1.61. The Hall–Kier alpha value is -1.30. The van der Waals surface area contributed by atoms with E-state index in [1.165, 1.54) is 0 Å². The first kappa shape index (κ1) is 17.8. The van der Waals surface area contributed by atoms with Gasteiger partial charge in [0.05, 0.1) is 18.6 Å². The number of nitrogens with one attached hydrogen (secondary N) is 2. The van der Waals surface area contributed by atoms with E-state index in [9.17, 15) is 14.7 Å². The maximum absolute atomic E-state index is 11.9. The molecule has 3 N–H and O–H groups in total. The second-order valence-electron chi connectivity index (χ2n) is 6.15. The Bertz CT molecular complexity index is 347. The van der Waals surface area contributed by atoms with Gasteiger partial charge in [0, 0.05) is 13.7 Å². The number of carboxylic acids is 1. The van der Waals surface area contributed by atoms with Gasteiger partial charge in [-0.2, -0.15) is 0 Å². The fourth-order valence-corrected chi connectivity index (χ4v) is 2.80. The van der Waals surface area contributed by atoms with Crippen LogP contribution in [-0.2, 0) is 9.53 Å². The first-order valence-electron chi connectivity index (χ1n) is 7.71. The van der Waals surface area contributed by atoms with Gasteiger partial charge in [0.15, 0.2) is 0 Å². The molecule has 0 spiro atoms. The van der Waals surface area contributed by atoms with Gasteiger partial charge < -0.3 is 20.5 Å². The number of carbonyl (C=O) groups is 2. The summed E-state index contributed by atoms with van der Waals surface area (Å²) >= 11 is 0. The molecular weight excluding hydrogens is 272 g/mol. The summed E-state index contributed by atoms with van der Waals surface area (Å²) in [6.45, 7) is 4.92. The van der Waals surface area contributed by atoms with Crippen LogP contribution in [0.5, 0.6) is 0 Å². The van der Waals surface area contributed by atoms with Gasteiger partial charge in [-0.1, -0.05) is 26.7 Å². The number of carbonyl (C=O) groups excluding carboxylic acids is 1. The van der Waals surface area contributed by atoms with Gasteiger partial charge in [-0.15, -0.1) is 0 Å². The highest BCUT2D eigenvalue weighted by molar-refractivity contribution is 5.74. The number of hydrogen-bond donors (Lipinski definition) is 3. The molecule has 122 valence electrons. The summed E-state index contributed by atoms with van der Waals surface area (Å²) in [6, 6.07) is -0.294. The second kappa shape index (κ2) is 8.87. The van der Waals surface area contributed by atoms with Crippen molar-refractivity contribution >= 4 is 12.0 Å². The van der Waals surface area contributed by atoms with Crippen LogP contribution in [0, 0.1) is 17.8 Å². The van der Waals surface area contributed by atoms with E-state index >= 15 is 0 Å². The SMILES string of the molecule is COCC(NC(=O)NCC1CCCCC1C(=O)O)C(C)C. The molecule has 0 aromatic heterocycles. The summed E-state index contributed by atoms with van der Waals surface area (Å²) in [4.78, 5) is 23.1. The third-order valence-electron chi connectivity index (χ3n) is 4.22. The van der Waals surface area contributed by atoms with E-state index in [4.69, 9.17) is 4.74 Å². The Morgan fingerprint density at radius 3 is 2.52 bits per heavy atom. The van der Waals surface area contributed by atoms with Gasteiger partial charge in [0.1, 0.15) is 0 Å². The molecule has 1 rings (SSSR count). The number of aliphatic carboxylic acids is 1. The van der Waals surface area contributed by atoms with Gasteiger partial charge >= 0.3 is 12.0 Å². The van der Waals surface area contributed by atoms with Crippen LogP contribution >= 0.6 is 0 Å². The van der Waals surface area contributed by atoms with E-state index in [-0.39, 0.29) is 29.8 Å². The third kappa shape index (κ3) is 5.91. The highest BCUT2D eigenvalue weighted by atomic mass is 16.5. The van der Waals surface area contributed by atoms with E-state index in [2.05, 4.69) is 10.6 Å². The minimum Gasteiger partial charge on any atom is -0.481 e. The third-order valence-corrected chi connectivity index (χ3v) is 4.22. The predicted octanol–water partition coefficient (Wildman–Crippen LogP) is 1.85. The lowest BCUT2D eigenvalue weighted by atomic mass is 9.79. The van der Waals surface area contributed by atoms with Crippen LogP contribution < -0.4 is 10.6 Å². The molecule has 21 heavy (non-hydrogen) atoms. The van der Waals surface area contributed by atoms with E-state index in [1.807, 2.05) is 13.8 Å². The summed E-state index contributed by atoms with van der Waals surface area (Å²) < 4.78 is 5.09. The molecule has 1 saturated carbocycles. The maximum atomic E-state index is 11.9. The molecule has 1 fully saturated rings. The number of methoxy groups -OCH3 is 1. The smallest absolute Gasteiger partial charge is 0.315 e. The van der Waals surface area contributed by atoms with Crippen molar-refractivity contribution in [3.8, 4) is 0 Å². The quantitative estimate of drug-likeness (QED) is 0.669. The Morgan fingerprint density at radius 1 is 1.29 bits per heavy atom. The number of carboxylic acid groups (broad SMARTS) is 1. The van der Waals surface area contributed by atoms with Crippen molar-refractivity contribution in [2.24, 2.45) is 17.8 Å². The van der Waals surface area contributed by atoms with Gasteiger partial charge in [-0.3, -0.25) is 4.79 Å². The van der Waals surface area contributed by atoms with Crippen LogP contribution in [0.1, 0.15) is 39.5 Å². The van der Waals surface area contributed by atoms with Crippen LogP contribution in [-0.4, -0.2) is 43.4 Å². The highest BCUT2D eigenvalue weighted by Crippen LogP contribution is 2.29. The van der Waals surface area contributed by atoms with E-state index in [0.717, 1.165) is 19.3 Å². The van der Waals surface area contributed by atoms with Crippen molar-refractivity contribution in [2.75, 3.05) is 20.3 Å². The predicted molar refractivity (Wildman–Crippen MR) is 80.1 cm³/mol. The maximum Gasteiger partial charge on any atom is 0.315 e. The van der Waals surface area contributed by atoms with E-state index < -0.39 is 5.97 Å². The summed E-state index contributed by atoms with van der Waals surface area (Å²) in [5, 5.41) is 14.9. The Labute approximate surface area is 126 Å². The lowest BCUT2D eigenvalue weighted by molar-refractivity contribution is -0.144. The minimum atomic E-state index is -0.749. The largest absolute Gasteiger partial charge is 0.481 e. The lowest BCUT2D eigenvalue weighted by Gasteiger charge is -2.29. The van der Waals surface area contributed by atoms with Gasteiger partial charge in [-0.25, -0.2) is 4.79 Å². The summed E-state index contributed by atoms with van der Waals surface area (Å²) in [5.74, 6) is -0.778. The van der Waals surface area contributed by atoms with Crippen LogP contribution in [0.15, 0.2) is 0 Å². The zero-order valence-corrected chi connectivity index (χ0v) is 13.2. The molecule has 1 aliphatic carbocycles. The number of rotatable bonds is 7. The van der Waals surface area contributed by atoms with Gasteiger partial charge in [0.2, 0.25) is 0 Å². The normalized spacial score (nSPS) is 23.6. The van der Waals surface area contributed by atoms with Crippen LogP contribution in [0.4, 0.5) is 4.79 Å². The molecule has 0 saturated heterocycles. The minimum absolute atomic E-state index is 0.0296. The Kier molecular flexibility index (Phi) is 7.50. The fourth-order valence-electron chi connectivity index (χ4n) is 2.80. The molecule has 0 heterocycles. The van der Waals surface area contributed by atoms with Crippen LogP contribution in [0.3, 0.4) is 0 Å². The van der Waals surface area contributed by atoms with Crippen molar-refractivity contribution in [1.82, 2.24) is 10.6 Å². The van der Waals surface area contributed by atoms with Crippen molar-refractivity contribution in [3.63, 3.8) is 0 Å². The molecule has 0 radical (unpaired) electrons. The molecule has 6 heteroatoms. The standard InChI is InChI=1S/C15H28N2O4/c1-10(2)13(9-21-3)17-15(20)16-8-11-6-4-5-7-12(11)14(18)19/h10-13H,4-9H2,1-3H3,(H,18,19)(H2,16,17,20). The fraction of sp³-hybridized carbons (Fsp3) is 0.867. The molecular formula is C15H28N2O4. The molecule has 1 aliphatic rings. The zero-order valence-electron chi connectivity index (χ0n) is 13.2. The van der Waals surface area contributed by atoms with Crippen molar-refractivity contribution in [3.05, 3.63) is 0 Å². The monoisotopic (exact) mass is 300 g/mol. The molecule has 3 atom stereocenters. The van der Waals surface area contributed by atoms with Gasteiger partial charge in [0.25, 0.3) is 0 Å². The molecule has 0 aromatic rings. The van der Waals surface area contributed by atoms with E-state index in [1.54, 1.807) is 7.11 Å². The Morgan fingerprint density at radius 2 is 1.95 bits per heavy atom. The highest BCUT2D eigenvalue weighted by Gasteiger charge is 2.31. The average Bonchev–Trinajstić information content (AvgIpc) is 2.44. The number of amides is 2. The second-order valence-corrected chi connectivity index (χ2v) is 6.15. The van der Waals surface area contributed by atoms with Crippen molar-refractivity contribution < 1.29 is 19.4 Å². The molecule has 3 unspecified atom stereocenters. The molecule has 0 bridgehead atoms. The van der Waals surface area contributed by atoms with Gasteiger partial charge in [-0.05, 0) is 24.7 Å². The Balaban J connectivity index is 2.42. The number of ether oxygens (including phenoxy) is 1. The van der Waals surface area contributed by atoms with Crippen LogP contribution in [0.25, 0.3) is 0 Å². The van der Waals surface area contributed by atoms with Crippen LogP contribution in [0.2, 0.25) is 0 Å². The first-order valence-corrected chi connectivity index (χ1v) is 7.71. The van der Waals surface area contributed by atoms with Crippen molar-refractivity contribution in [2.45, 2.75) is 45.6 Å². The lowest BCUT2D eigenvalue weighted by Crippen LogP contribution is -2.48. The molecule has 2 amide bonds. The first-order chi connectivity index (χ1) is 9.95.